The quantitative estimate of drug-likeness (QED) is 0.273. The van der Waals surface area contributed by atoms with Crippen molar-refractivity contribution >= 4 is 5.91 Å². The lowest BCUT2D eigenvalue weighted by molar-refractivity contribution is -0.176. The van der Waals surface area contributed by atoms with Crippen LogP contribution in [0, 0.1) is 0 Å². The van der Waals surface area contributed by atoms with E-state index < -0.39 is 36.9 Å². The molecule has 8 heteroatoms. The lowest BCUT2D eigenvalue weighted by Gasteiger charge is -2.26. The summed E-state index contributed by atoms with van der Waals surface area (Å²) in [5.74, 6) is -2.25. The van der Waals surface area contributed by atoms with Crippen molar-refractivity contribution in [3.8, 4) is 0 Å². The highest BCUT2D eigenvalue weighted by Gasteiger charge is 2.41. The first-order chi connectivity index (χ1) is 13.2. The zero-order chi connectivity index (χ0) is 21.4. The monoisotopic (exact) mass is 413 g/mol. The van der Waals surface area contributed by atoms with Crippen LogP contribution in [0.1, 0.15) is 90.4 Å². The fraction of sp³-hybridized carbons (Fsp3) is 0.950. The number of hydrogen-bond acceptors (Lipinski definition) is 4. The van der Waals surface area contributed by atoms with Crippen molar-refractivity contribution < 1.29 is 33.3 Å². The van der Waals surface area contributed by atoms with E-state index in [1.54, 1.807) is 0 Å². The van der Waals surface area contributed by atoms with Gasteiger partial charge in [0.25, 0.3) is 0 Å². The summed E-state index contributed by atoms with van der Waals surface area (Å²) in [4.78, 5) is 10.9. The molecule has 0 aliphatic heterocycles. The van der Waals surface area contributed by atoms with Crippen molar-refractivity contribution in [1.29, 1.82) is 0 Å². The van der Waals surface area contributed by atoms with Crippen LogP contribution in [0.4, 0.5) is 13.2 Å². The molecule has 0 aromatic rings. The number of alkyl halides is 3. The Morgan fingerprint density at radius 1 is 0.857 bits per heavy atom. The van der Waals surface area contributed by atoms with E-state index in [0.29, 0.717) is 6.42 Å². The number of carbonyl (C=O) groups is 1. The maximum atomic E-state index is 12.2. The molecule has 5 nitrogen and oxygen atoms in total. The van der Waals surface area contributed by atoms with E-state index >= 15 is 0 Å². The summed E-state index contributed by atoms with van der Waals surface area (Å²) in [5.41, 5.74) is 0. The summed E-state index contributed by atoms with van der Waals surface area (Å²) < 4.78 is 36.7. The molecular formula is C20H38F3NO4. The SMILES string of the molecule is CCCCCCCCCCCCCCC(O)C(O)C(CO)NC(=O)C(F)(F)F. The van der Waals surface area contributed by atoms with Gasteiger partial charge in [0.15, 0.2) is 0 Å². The molecule has 3 unspecified atom stereocenters. The van der Waals surface area contributed by atoms with Crippen LogP contribution < -0.4 is 5.32 Å². The zero-order valence-electron chi connectivity index (χ0n) is 17.0. The number of rotatable bonds is 17. The van der Waals surface area contributed by atoms with Gasteiger partial charge in [0.2, 0.25) is 0 Å². The summed E-state index contributed by atoms with van der Waals surface area (Å²) in [6.45, 7) is 1.31. The molecule has 0 saturated heterocycles. The minimum Gasteiger partial charge on any atom is -0.394 e. The molecule has 0 aliphatic carbocycles. The second-order valence-corrected chi connectivity index (χ2v) is 7.50. The molecule has 0 aliphatic rings. The Morgan fingerprint density at radius 3 is 1.68 bits per heavy atom. The van der Waals surface area contributed by atoms with E-state index in [1.807, 2.05) is 0 Å². The third-order valence-corrected chi connectivity index (χ3v) is 4.93. The predicted octanol–water partition coefficient (Wildman–Crippen LogP) is 3.84. The van der Waals surface area contributed by atoms with Gasteiger partial charge in [-0.05, 0) is 6.42 Å². The predicted molar refractivity (Wildman–Crippen MR) is 103 cm³/mol. The Bertz CT molecular complexity index is 394. The Labute approximate surface area is 166 Å². The number of halogens is 3. The summed E-state index contributed by atoms with van der Waals surface area (Å²) in [7, 11) is 0. The lowest BCUT2D eigenvalue weighted by Crippen LogP contribution is -2.53. The third kappa shape index (κ3) is 13.3. The Balaban J connectivity index is 3.78. The number of aliphatic hydroxyl groups is 3. The summed E-state index contributed by atoms with van der Waals surface area (Å²) >= 11 is 0. The van der Waals surface area contributed by atoms with Crippen LogP contribution in [0.3, 0.4) is 0 Å². The number of hydrogen-bond donors (Lipinski definition) is 4. The average molecular weight is 414 g/mol. The maximum absolute atomic E-state index is 12.2. The van der Waals surface area contributed by atoms with Crippen molar-refractivity contribution in [2.45, 2.75) is 115 Å². The maximum Gasteiger partial charge on any atom is 0.471 e. The van der Waals surface area contributed by atoms with E-state index in [-0.39, 0.29) is 6.42 Å². The zero-order valence-corrected chi connectivity index (χ0v) is 17.0. The molecule has 3 atom stereocenters. The average Bonchev–Trinajstić information content (AvgIpc) is 2.65. The first-order valence-electron chi connectivity index (χ1n) is 10.6. The molecule has 0 radical (unpaired) electrons. The molecule has 1 amide bonds. The van der Waals surface area contributed by atoms with Gasteiger partial charge in [-0.3, -0.25) is 4.79 Å². The van der Waals surface area contributed by atoms with Gasteiger partial charge in [-0.2, -0.15) is 13.2 Å². The smallest absolute Gasteiger partial charge is 0.394 e. The van der Waals surface area contributed by atoms with Gasteiger partial charge in [0.05, 0.1) is 18.8 Å². The second-order valence-electron chi connectivity index (χ2n) is 7.50. The highest BCUT2D eigenvalue weighted by Crippen LogP contribution is 2.17. The number of nitrogens with one attached hydrogen (secondary N) is 1. The van der Waals surface area contributed by atoms with E-state index in [9.17, 15) is 28.2 Å². The minimum absolute atomic E-state index is 0.205. The molecule has 0 fully saturated rings. The topological polar surface area (TPSA) is 89.8 Å². The van der Waals surface area contributed by atoms with Gasteiger partial charge in [0, 0.05) is 0 Å². The summed E-state index contributed by atoms with van der Waals surface area (Å²) in [5, 5.41) is 30.4. The van der Waals surface area contributed by atoms with Crippen LogP contribution in [0.15, 0.2) is 0 Å². The Morgan fingerprint density at radius 2 is 1.29 bits per heavy atom. The standard InChI is InChI=1S/C20H38F3NO4/c1-2-3-4-5-6-7-8-9-10-11-12-13-14-17(26)18(27)16(15-25)24-19(28)20(21,22)23/h16-18,25-27H,2-15H2,1H3,(H,24,28). The molecule has 4 N–H and O–H groups in total. The molecule has 168 valence electrons. The van der Waals surface area contributed by atoms with Crippen LogP contribution in [-0.2, 0) is 4.79 Å². The van der Waals surface area contributed by atoms with Gasteiger partial charge in [-0.1, -0.05) is 84.0 Å². The van der Waals surface area contributed by atoms with Gasteiger partial charge in [-0.25, -0.2) is 0 Å². The number of unbranched alkanes of at least 4 members (excludes halogenated alkanes) is 11. The Hall–Kier alpha value is -0.860. The first kappa shape index (κ1) is 27.1. The first-order valence-corrected chi connectivity index (χ1v) is 10.6. The van der Waals surface area contributed by atoms with Gasteiger partial charge >= 0.3 is 12.1 Å². The second kappa shape index (κ2) is 16.0. The van der Waals surface area contributed by atoms with Crippen LogP contribution in [0.2, 0.25) is 0 Å². The molecule has 0 aromatic heterocycles. The normalized spacial score (nSPS) is 15.2. The highest BCUT2D eigenvalue weighted by atomic mass is 19.4. The molecular weight excluding hydrogens is 375 g/mol. The largest absolute Gasteiger partial charge is 0.471 e. The van der Waals surface area contributed by atoms with E-state index in [2.05, 4.69) is 6.92 Å². The Kier molecular flexibility index (Phi) is 15.5. The molecule has 0 heterocycles. The summed E-state index contributed by atoms with van der Waals surface area (Å²) in [6.07, 6.45) is 5.92. The van der Waals surface area contributed by atoms with E-state index in [1.165, 1.54) is 56.7 Å². The van der Waals surface area contributed by atoms with Gasteiger partial charge < -0.3 is 20.6 Å². The van der Waals surface area contributed by atoms with Gasteiger partial charge in [0.1, 0.15) is 6.10 Å². The minimum atomic E-state index is -5.10. The van der Waals surface area contributed by atoms with E-state index in [4.69, 9.17) is 5.11 Å². The van der Waals surface area contributed by atoms with Crippen molar-refractivity contribution in [1.82, 2.24) is 5.32 Å². The fourth-order valence-electron chi connectivity index (χ4n) is 3.12. The number of aliphatic hydroxyl groups excluding tert-OH is 3. The molecule has 0 spiro atoms. The van der Waals surface area contributed by atoms with Crippen LogP contribution in [0.25, 0.3) is 0 Å². The molecule has 0 saturated carbocycles. The van der Waals surface area contributed by atoms with Crippen LogP contribution in [0.5, 0.6) is 0 Å². The number of amides is 1. The molecule has 0 bridgehead atoms. The fourth-order valence-corrected chi connectivity index (χ4v) is 3.12. The van der Waals surface area contributed by atoms with Crippen molar-refractivity contribution in [2.75, 3.05) is 6.61 Å². The van der Waals surface area contributed by atoms with Crippen LogP contribution >= 0.6 is 0 Å². The number of carbonyl (C=O) groups excluding carboxylic acids is 1. The van der Waals surface area contributed by atoms with Gasteiger partial charge in [-0.15, -0.1) is 0 Å². The third-order valence-electron chi connectivity index (χ3n) is 4.93. The van der Waals surface area contributed by atoms with Crippen molar-refractivity contribution in [2.24, 2.45) is 0 Å². The lowest BCUT2D eigenvalue weighted by atomic mass is 9.99. The molecule has 28 heavy (non-hydrogen) atoms. The molecule has 0 rings (SSSR count). The summed E-state index contributed by atoms with van der Waals surface area (Å²) in [6, 6.07) is -1.55. The molecule has 0 aromatic carbocycles. The van der Waals surface area contributed by atoms with E-state index in [0.717, 1.165) is 19.3 Å². The van der Waals surface area contributed by atoms with Crippen molar-refractivity contribution in [3.05, 3.63) is 0 Å². The van der Waals surface area contributed by atoms with Crippen LogP contribution in [-0.4, -0.2) is 52.3 Å². The van der Waals surface area contributed by atoms with Crippen molar-refractivity contribution in [3.63, 3.8) is 0 Å². The highest BCUT2D eigenvalue weighted by molar-refractivity contribution is 5.82.